The van der Waals surface area contributed by atoms with Gasteiger partial charge in [0.2, 0.25) is 11.8 Å². The minimum atomic E-state index is -2.04. The zero-order chi connectivity index (χ0) is 28.4. The van der Waals surface area contributed by atoms with Crippen LogP contribution in [-0.2, 0) is 14.6 Å². The largest absolute Gasteiger partial charge is 0.480 e. The zero-order valence-corrected chi connectivity index (χ0v) is 24.6. The second-order valence-corrected chi connectivity index (χ2v) is 16.3. The van der Waals surface area contributed by atoms with E-state index in [0.29, 0.717) is 41.9 Å². The maximum absolute atomic E-state index is 11.5. The van der Waals surface area contributed by atoms with Gasteiger partial charge >= 0.3 is 7.41 Å². The van der Waals surface area contributed by atoms with E-state index in [4.69, 9.17) is 14.1 Å². The van der Waals surface area contributed by atoms with Crippen molar-refractivity contribution in [3.8, 4) is 23.2 Å². The fourth-order valence-electron chi connectivity index (χ4n) is 4.41. The summed E-state index contributed by atoms with van der Waals surface area (Å²) in [6, 6.07) is 11.6. The number of methoxy groups -OCH3 is 1. The van der Waals surface area contributed by atoms with Crippen molar-refractivity contribution in [2.24, 2.45) is 0 Å². The monoisotopic (exact) mass is 541 g/mol. The molecule has 0 amide bonds. The Balaban J connectivity index is 1.75. The van der Waals surface area contributed by atoms with Gasteiger partial charge in [0.15, 0.2) is 8.32 Å². The molecule has 1 aliphatic heterocycles. The van der Waals surface area contributed by atoms with Gasteiger partial charge in [-0.2, -0.15) is 5.26 Å². The van der Waals surface area contributed by atoms with E-state index in [0.717, 1.165) is 23.0 Å². The summed E-state index contributed by atoms with van der Waals surface area (Å²) < 4.78 is 12.0. The Morgan fingerprint density at radius 1 is 1.26 bits per heavy atom. The van der Waals surface area contributed by atoms with Gasteiger partial charge in [-0.15, -0.1) is 0 Å². The van der Waals surface area contributed by atoms with E-state index in [-0.39, 0.29) is 5.04 Å². The number of hydrogen-bond donors (Lipinski definition) is 1. The number of fused-ring (bicyclic) bond motifs is 1. The minimum Gasteiger partial charge on any atom is -0.480 e. The number of nitriles is 1. The molecule has 39 heavy (non-hydrogen) atoms. The van der Waals surface area contributed by atoms with Crippen molar-refractivity contribution in [2.45, 2.75) is 51.2 Å². The Bertz CT molecular complexity index is 1420. The number of nitrogens with zero attached hydrogens (tertiary/aromatic N) is 5. The number of benzene rings is 1. The fourth-order valence-corrected chi connectivity index (χ4v) is 5.52. The van der Waals surface area contributed by atoms with Crippen LogP contribution in [0.15, 0.2) is 42.7 Å². The van der Waals surface area contributed by atoms with E-state index >= 15 is 0 Å². The van der Waals surface area contributed by atoms with E-state index in [2.05, 4.69) is 68.2 Å². The summed E-state index contributed by atoms with van der Waals surface area (Å²) in [6.45, 7) is 14.2. The molecule has 4 rings (SSSR count). The molecule has 0 bridgehead atoms. The van der Waals surface area contributed by atoms with Crippen molar-refractivity contribution in [1.82, 2.24) is 15.0 Å². The highest BCUT2D eigenvalue weighted by molar-refractivity contribution is 6.74. The summed E-state index contributed by atoms with van der Waals surface area (Å²) in [7, 11) is 1.00. The van der Waals surface area contributed by atoms with Gasteiger partial charge in [-0.1, -0.05) is 27.7 Å². The van der Waals surface area contributed by atoms with Crippen LogP contribution in [0.5, 0.6) is 5.88 Å². The fraction of sp³-hybridized carbons (Fsp3) is 0.393. The summed E-state index contributed by atoms with van der Waals surface area (Å²) in [5, 5.41) is 13.4. The number of pyridine rings is 1. The van der Waals surface area contributed by atoms with Crippen LogP contribution in [0.25, 0.3) is 11.3 Å². The molecule has 1 radical (unpaired) electrons. The van der Waals surface area contributed by atoms with Crippen molar-refractivity contribution in [3.63, 3.8) is 0 Å². The third kappa shape index (κ3) is 5.67. The maximum Gasteiger partial charge on any atom is 0.329 e. The summed E-state index contributed by atoms with van der Waals surface area (Å²) in [4.78, 5) is 26.7. The quantitative estimate of drug-likeness (QED) is 0.293. The Hall–Kier alpha value is -3.75. The smallest absolute Gasteiger partial charge is 0.329 e. The Kier molecular flexibility index (Phi) is 7.82. The van der Waals surface area contributed by atoms with Crippen LogP contribution in [0.4, 0.5) is 17.3 Å². The zero-order valence-electron chi connectivity index (χ0n) is 23.6. The van der Waals surface area contributed by atoms with Crippen LogP contribution in [0.2, 0.25) is 18.1 Å². The first-order valence-corrected chi connectivity index (χ1v) is 15.7. The van der Waals surface area contributed by atoms with Crippen LogP contribution in [0, 0.1) is 11.3 Å². The lowest BCUT2D eigenvalue weighted by Crippen LogP contribution is -2.46. The van der Waals surface area contributed by atoms with E-state index in [1.165, 1.54) is 7.41 Å². The molecule has 11 heteroatoms. The summed E-state index contributed by atoms with van der Waals surface area (Å²) in [5.74, 6) is 0.803. The molecular formula is C28H34BN6O3Si. The molecule has 1 N–H and O–H groups in total. The van der Waals surface area contributed by atoms with Gasteiger partial charge in [-0.25, -0.2) is 15.0 Å². The van der Waals surface area contributed by atoms with Gasteiger partial charge < -0.3 is 24.1 Å². The molecule has 0 spiro atoms. The molecule has 2 aromatic heterocycles. The first-order chi connectivity index (χ1) is 18.4. The molecule has 0 aliphatic carbocycles. The lowest BCUT2D eigenvalue weighted by Gasteiger charge is -2.39. The van der Waals surface area contributed by atoms with Crippen LogP contribution in [0.3, 0.4) is 0 Å². The van der Waals surface area contributed by atoms with Crippen molar-refractivity contribution >= 4 is 39.2 Å². The molecule has 1 aliphatic rings. The highest BCUT2D eigenvalue weighted by Gasteiger charge is 2.44. The van der Waals surface area contributed by atoms with Gasteiger partial charge in [0, 0.05) is 42.2 Å². The molecule has 201 valence electrons. The van der Waals surface area contributed by atoms with Crippen molar-refractivity contribution < 1.29 is 14.0 Å². The molecule has 1 unspecified atom stereocenters. The van der Waals surface area contributed by atoms with Crippen LogP contribution in [0.1, 0.15) is 38.8 Å². The maximum atomic E-state index is 11.5. The standard InChI is InChI=1S/C28H34BN6O3Si/c1-27(2,3)39(6,7)38-17-28(4)16-35(29-18-36)24-20(15-30)13-19(14-21(24)28)22-10-12-32-26(33-22)34-23-9-8-11-31-25(23)37-5/h8-14,18H,16-17H2,1-7H3,(H,32,33,34). The molecule has 1 aromatic carbocycles. The highest BCUT2D eigenvalue weighted by Crippen LogP contribution is 2.46. The van der Waals surface area contributed by atoms with Gasteiger partial charge in [-0.3, -0.25) is 0 Å². The lowest BCUT2D eigenvalue weighted by atomic mass is 9.83. The van der Waals surface area contributed by atoms with Crippen LogP contribution < -0.4 is 14.9 Å². The van der Waals surface area contributed by atoms with E-state index in [1.807, 2.05) is 23.0 Å². The first-order valence-electron chi connectivity index (χ1n) is 12.8. The van der Waals surface area contributed by atoms with E-state index in [1.54, 1.807) is 25.6 Å². The number of carbonyl (C=O) groups is 1. The van der Waals surface area contributed by atoms with Crippen molar-refractivity contribution in [3.05, 3.63) is 53.9 Å². The number of nitrogens with one attached hydrogen (secondary N) is 1. The van der Waals surface area contributed by atoms with E-state index < -0.39 is 13.7 Å². The van der Waals surface area contributed by atoms with Gasteiger partial charge in [-0.05, 0) is 54.0 Å². The number of ether oxygens (including phenoxy) is 1. The molecule has 3 aromatic rings. The van der Waals surface area contributed by atoms with Gasteiger partial charge in [0.05, 0.1) is 18.4 Å². The topological polar surface area (TPSA) is 113 Å². The number of anilines is 3. The molecule has 1 atom stereocenters. The lowest BCUT2D eigenvalue weighted by molar-refractivity contribution is 0.219. The SMILES string of the molecule is COc1ncccc1Nc1nccc(-c2cc(C#N)c3c(c2)C(C)(CO[Si](C)(C)C(C)(C)C)CN3[B]C=O)n1. The second-order valence-electron chi connectivity index (χ2n) is 11.5. The third-order valence-electron chi connectivity index (χ3n) is 7.65. The third-order valence-corrected chi connectivity index (χ3v) is 12.1. The molecule has 3 heterocycles. The number of rotatable bonds is 9. The van der Waals surface area contributed by atoms with Crippen molar-refractivity contribution in [2.75, 3.05) is 30.4 Å². The number of carbonyl (C=O) groups excluding carboxylic acids is 1. The molecule has 0 fully saturated rings. The number of aromatic nitrogens is 3. The minimum absolute atomic E-state index is 0.0559. The number of hydrogen-bond acceptors (Lipinski definition) is 9. The second kappa shape index (κ2) is 10.8. The summed E-state index contributed by atoms with van der Waals surface area (Å²) in [5.41, 5.74) is 3.79. The van der Waals surface area contributed by atoms with E-state index in [9.17, 15) is 10.1 Å². The normalized spacial score (nSPS) is 16.8. The molecular weight excluding hydrogens is 507 g/mol. The molecule has 9 nitrogen and oxygen atoms in total. The summed E-state index contributed by atoms with van der Waals surface area (Å²) in [6.07, 6.45) is 4.07. The Morgan fingerprint density at radius 3 is 2.69 bits per heavy atom. The predicted molar refractivity (Wildman–Crippen MR) is 157 cm³/mol. The Labute approximate surface area is 232 Å². The van der Waals surface area contributed by atoms with Gasteiger partial charge in [0.1, 0.15) is 17.9 Å². The predicted octanol–water partition coefficient (Wildman–Crippen LogP) is 5.07. The van der Waals surface area contributed by atoms with Crippen LogP contribution >= 0.6 is 0 Å². The average molecular weight is 542 g/mol. The van der Waals surface area contributed by atoms with Gasteiger partial charge in [0.25, 0.3) is 0 Å². The molecule has 0 saturated carbocycles. The van der Waals surface area contributed by atoms with Crippen LogP contribution in [-0.4, -0.2) is 57.1 Å². The molecule has 0 saturated heterocycles. The summed E-state index contributed by atoms with van der Waals surface area (Å²) >= 11 is 0. The average Bonchev–Trinajstić information content (AvgIpc) is 3.19. The Morgan fingerprint density at radius 2 is 2.03 bits per heavy atom. The first kappa shape index (κ1) is 28.3. The highest BCUT2D eigenvalue weighted by atomic mass is 28.4. The van der Waals surface area contributed by atoms with Crippen molar-refractivity contribution in [1.29, 1.82) is 5.26 Å².